The minimum Gasteiger partial charge on any atom is -0.165 e. The van der Waals surface area contributed by atoms with Crippen LogP contribution in [0, 0.1) is 13.8 Å². The highest BCUT2D eigenvalue weighted by atomic mass is 15.0. The molecular formula is C13H14N+. The SMILES string of the molecule is Cc1ccccc1-[n+]1ccccc1C. The number of rotatable bonds is 1. The van der Waals surface area contributed by atoms with Gasteiger partial charge in [0, 0.05) is 30.7 Å². The van der Waals surface area contributed by atoms with Crippen molar-refractivity contribution in [1.29, 1.82) is 0 Å². The molecule has 2 aromatic rings. The van der Waals surface area contributed by atoms with Crippen LogP contribution in [0.25, 0.3) is 5.69 Å². The molecule has 1 nitrogen and oxygen atoms in total. The van der Waals surface area contributed by atoms with Crippen LogP contribution in [0.4, 0.5) is 0 Å². The zero-order valence-corrected chi connectivity index (χ0v) is 8.57. The molecule has 1 aromatic carbocycles. The fourth-order valence-corrected chi connectivity index (χ4v) is 1.63. The van der Waals surface area contributed by atoms with Crippen LogP contribution in [0.5, 0.6) is 0 Å². The molecule has 14 heavy (non-hydrogen) atoms. The molecule has 0 atom stereocenters. The summed E-state index contributed by atoms with van der Waals surface area (Å²) in [6, 6.07) is 14.6. The van der Waals surface area contributed by atoms with Crippen LogP contribution in [-0.2, 0) is 0 Å². The summed E-state index contributed by atoms with van der Waals surface area (Å²) in [5, 5.41) is 0. The number of hydrogen-bond acceptors (Lipinski definition) is 0. The van der Waals surface area contributed by atoms with Gasteiger partial charge in [0.2, 0.25) is 5.69 Å². The maximum Gasteiger partial charge on any atom is 0.213 e. The number of hydrogen-bond donors (Lipinski definition) is 0. The van der Waals surface area contributed by atoms with Gasteiger partial charge in [-0.15, -0.1) is 0 Å². The van der Waals surface area contributed by atoms with E-state index in [1.54, 1.807) is 0 Å². The van der Waals surface area contributed by atoms with Gasteiger partial charge in [0.05, 0.1) is 0 Å². The van der Waals surface area contributed by atoms with Crippen LogP contribution in [0.3, 0.4) is 0 Å². The van der Waals surface area contributed by atoms with Crippen molar-refractivity contribution in [1.82, 2.24) is 0 Å². The number of aryl methyl sites for hydroxylation is 2. The van der Waals surface area contributed by atoms with Gasteiger partial charge in [0.15, 0.2) is 11.9 Å². The van der Waals surface area contributed by atoms with Crippen molar-refractivity contribution in [2.75, 3.05) is 0 Å². The van der Waals surface area contributed by atoms with Crippen LogP contribution >= 0.6 is 0 Å². The fraction of sp³-hybridized carbons (Fsp3) is 0.154. The predicted molar refractivity (Wildman–Crippen MR) is 57.4 cm³/mol. The lowest BCUT2D eigenvalue weighted by molar-refractivity contribution is -0.603. The molecule has 1 aromatic heterocycles. The monoisotopic (exact) mass is 184 g/mol. The van der Waals surface area contributed by atoms with E-state index < -0.39 is 0 Å². The lowest BCUT2D eigenvalue weighted by Crippen LogP contribution is -2.34. The largest absolute Gasteiger partial charge is 0.213 e. The Morgan fingerprint density at radius 3 is 2.29 bits per heavy atom. The van der Waals surface area contributed by atoms with E-state index >= 15 is 0 Å². The summed E-state index contributed by atoms with van der Waals surface area (Å²) in [6.45, 7) is 4.25. The zero-order valence-electron chi connectivity index (χ0n) is 8.57. The molecule has 0 spiro atoms. The number of pyridine rings is 1. The van der Waals surface area contributed by atoms with E-state index in [-0.39, 0.29) is 0 Å². The van der Waals surface area contributed by atoms with Crippen LogP contribution in [0.15, 0.2) is 48.7 Å². The molecule has 0 amide bonds. The van der Waals surface area contributed by atoms with Crippen molar-refractivity contribution >= 4 is 0 Å². The summed E-state index contributed by atoms with van der Waals surface area (Å²) < 4.78 is 2.20. The van der Waals surface area contributed by atoms with Crippen LogP contribution in [0.2, 0.25) is 0 Å². The van der Waals surface area contributed by atoms with E-state index in [0.717, 1.165) is 0 Å². The number of nitrogens with zero attached hydrogens (tertiary/aromatic N) is 1. The van der Waals surface area contributed by atoms with Gasteiger partial charge in [0.25, 0.3) is 0 Å². The van der Waals surface area contributed by atoms with Gasteiger partial charge in [0.1, 0.15) is 0 Å². The number of aromatic nitrogens is 1. The Bertz CT molecular complexity index is 403. The van der Waals surface area contributed by atoms with Crippen LogP contribution in [-0.4, -0.2) is 0 Å². The van der Waals surface area contributed by atoms with E-state index in [4.69, 9.17) is 0 Å². The van der Waals surface area contributed by atoms with Crippen molar-refractivity contribution < 1.29 is 4.57 Å². The van der Waals surface area contributed by atoms with Gasteiger partial charge < -0.3 is 0 Å². The van der Waals surface area contributed by atoms with Crippen LogP contribution in [0.1, 0.15) is 11.3 Å². The zero-order chi connectivity index (χ0) is 9.97. The second kappa shape index (κ2) is 3.62. The molecule has 0 saturated heterocycles. The minimum atomic E-state index is 1.25. The molecule has 2 rings (SSSR count). The van der Waals surface area contributed by atoms with E-state index in [1.807, 2.05) is 0 Å². The van der Waals surface area contributed by atoms with Gasteiger partial charge >= 0.3 is 0 Å². The van der Waals surface area contributed by atoms with Gasteiger partial charge in [-0.05, 0) is 6.92 Å². The van der Waals surface area contributed by atoms with Gasteiger partial charge in [-0.2, -0.15) is 4.57 Å². The first-order valence-corrected chi connectivity index (χ1v) is 4.82. The van der Waals surface area contributed by atoms with E-state index in [0.29, 0.717) is 0 Å². The molecule has 70 valence electrons. The Kier molecular flexibility index (Phi) is 2.32. The fourth-order valence-electron chi connectivity index (χ4n) is 1.63. The Morgan fingerprint density at radius 2 is 1.57 bits per heavy atom. The molecule has 0 bridgehead atoms. The summed E-state index contributed by atoms with van der Waals surface area (Å²) >= 11 is 0. The van der Waals surface area contributed by atoms with Gasteiger partial charge in [-0.25, -0.2) is 0 Å². The third-order valence-electron chi connectivity index (χ3n) is 2.44. The Labute approximate surface area is 84.6 Å². The van der Waals surface area contributed by atoms with Crippen molar-refractivity contribution in [2.24, 2.45) is 0 Å². The maximum absolute atomic E-state index is 2.20. The molecule has 0 aliphatic heterocycles. The summed E-state index contributed by atoms with van der Waals surface area (Å²) in [6.07, 6.45) is 2.09. The third-order valence-corrected chi connectivity index (χ3v) is 2.44. The van der Waals surface area contributed by atoms with Crippen LogP contribution < -0.4 is 4.57 Å². The minimum absolute atomic E-state index is 1.25. The molecule has 1 heteroatoms. The molecule has 0 N–H and O–H groups in total. The highest BCUT2D eigenvalue weighted by molar-refractivity contribution is 5.32. The molecule has 0 saturated carbocycles. The predicted octanol–water partition coefficient (Wildman–Crippen LogP) is 2.58. The highest BCUT2D eigenvalue weighted by Gasteiger charge is 2.10. The Morgan fingerprint density at radius 1 is 0.857 bits per heavy atom. The Hall–Kier alpha value is -1.63. The first-order chi connectivity index (χ1) is 6.79. The summed E-state index contributed by atoms with van der Waals surface area (Å²) in [4.78, 5) is 0. The third kappa shape index (κ3) is 1.53. The number of benzene rings is 1. The van der Waals surface area contributed by atoms with Crippen molar-refractivity contribution in [3.8, 4) is 5.69 Å². The quantitative estimate of drug-likeness (QED) is 0.600. The highest BCUT2D eigenvalue weighted by Crippen LogP contribution is 2.07. The second-order valence-corrected chi connectivity index (χ2v) is 3.50. The van der Waals surface area contributed by atoms with E-state index in [1.165, 1.54) is 16.9 Å². The Balaban J connectivity index is 2.61. The van der Waals surface area contributed by atoms with E-state index in [2.05, 4.69) is 67.1 Å². The summed E-state index contributed by atoms with van der Waals surface area (Å²) in [5.41, 5.74) is 3.80. The molecule has 0 aliphatic carbocycles. The van der Waals surface area contributed by atoms with Crippen molar-refractivity contribution in [3.63, 3.8) is 0 Å². The van der Waals surface area contributed by atoms with Gasteiger partial charge in [-0.1, -0.05) is 24.3 Å². The summed E-state index contributed by atoms with van der Waals surface area (Å²) in [5.74, 6) is 0. The smallest absolute Gasteiger partial charge is 0.165 e. The molecule has 0 fully saturated rings. The molecular weight excluding hydrogens is 170 g/mol. The van der Waals surface area contributed by atoms with Crippen molar-refractivity contribution in [3.05, 3.63) is 59.9 Å². The first-order valence-electron chi connectivity index (χ1n) is 4.82. The molecule has 1 heterocycles. The van der Waals surface area contributed by atoms with Gasteiger partial charge in [-0.3, -0.25) is 0 Å². The molecule has 0 aliphatic rings. The maximum atomic E-state index is 2.20. The topological polar surface area (TPSA) is 3.88 Å². The lowest BCUT2D eigenvalue weighted by Gasteiger charge is -2.01. The molecule has 0 unspecified atom stereocenters. The summed E-state index contributed by atoms with van der Waals surface area (Å²) in [7, 11) is 0. The molecule has 0 radical (unpaired) electrons. The second-order valence-electron chi connectivity index (χ2n) is 3.50. The average Bonchev–Trinajstić information content (AvgIpc) is 2.20. The average molecular weight is 184 g/mol. The lowest BCUT2D eigenvalue weighted by atomic mass is 10.2. The van der Waals surface area contributed by atoms with E-state index in [9.17, 15) is 0 Å². The van der Waals surface area contributed by atoms with Crippen molar-refractivity contribution in [2.45, 2.75) is 13.8 Å². The normalized spacial score (nSPS) is 10.1. The number of para-hydroxylation sites is 1. The first kappa shape index (κ1) is 8.95. The standard InChI is InChI=1S/C13H14N/c1-11-7-3-4-9-13(11)14-10-6-5-8-12(14)2/h3-10H,1-2H3/q+1.